The highest BCUT2D eigenvalue weighted by Gasteiger charge is 2.27. The fourth-order valence-electron chi connectivity index (χ4n) is 3.63. The molecule has 0 saturated carbocycles. The first-order valence-electron chi connectivity index (χ1n) is 8.74. The first-order valence-corrected chi connectivity index (χ1v) is 8.74. The highest BCUT2D eigenvalue weighted by molar-refractivity contribution is 5.92. The number of pyridine rings is 1. The van der Waals surface area contributed by atoms with Gasteiger partial charge in [0.15, 0.2) is 6.39 Å². The van der Waals surface area contributed by atoms with Crippen LogP contribution in [-0.4, -0.2) is 33.9 Å². The number of carbonyl (C=O) groups excluding carboxylic acids is 1. The van der Waals surface area contributed by atoms with Crippen LogP contribution >= 0.6 is 0 Å². The summed E-state index contributed by atoms with van der Waals surface area (Å²) in [6.45, 7) is 3.33. The maximum absolute atomic E-state index is 12.5. The van der Waals surface area contributed by atoms with Crippen molar-refractivity contribution in [2.75, 3.05) is 13.1 Å². The van der Waals surface area contributed by atoms with Gasteiger partial charge in [0.1, 0.15) is 0 Å². The van der Waals surface area contributed by atoms with Crippen LogP contribution in [0, 0.1) is 12.8 Å². The highest BCUT2D eigenvalue weighted by atomic mass is 16.3. The molecule has 0 atom stereocenters. The van der Waals surface area contributed by atoms with Crippen molar-refractivity contribution < 1.29 is 9.21 Å². The van der Waals surface area contributed by atoms with Gasteiger partial charge in [-0.2, -0.15) is 0 Å². The zero-order chi connectivity index (χ0) is 17.2. The number of hydrogen-bond acceptors (Lipinski definition) is 4. The smallest absolute Gasteiger partial charge is 0.291 e. The lowest BCUT2D eigenvalue weighted by Gasteiger charge is -2.31. The number of aryl methyl sites for hydroxylation is 1. The van der Waals surface area contributed by atoms with Gasteiger partial charge in [-0.15, -0.1) is 0 Å². The molecule has 0 bridgehead atoms. The number of fused-ring (bicyclic) bond motifs is 1. The van der Waals surface area contributed by atoms with E-state index in [0.717, 1.165) is 37.9 Å². The van der Waals surface area contributed by atoms with E-state index in [1.165, 1.54) is 17.3 Å². The third kappa shape index (κ3) is 3.14. The molecule has 1 amide bonds. The molecule has 1 aliphatic heterocycles. The summed E-state index contributed by atoms with van der Waals surface area (Å²) >= 11 is 0. The van der Waals surface area contributed by atoms with Gasteiger partial charge in [0.25, 0.3) is 5.91 Å². The van der Waals surface area contributed by atoms with E-state index in [1.54, 1.807) is 6.92 Å². The van der Waals surface area contributed by atoms with Crippen LogP contribution in [0.2, 0.25) is 0 Å². The molecule has 3 heterocycles. The molecule has 1 aliphatic rings. The Kier molecular flexibility index (Phi) is 4.22. The molecular formula is C20H21N3O2. The van der Waals surface area contributed by atoms with E-state index in [-0.39, 0.29) is 5.91 Å². The van der Waals surface area contributed by atoms with Crippen LogP contribution in [0.1, 0.15) is 34.7 Å². The molecule has 0 unspecified atom stereocenters. The monoisotopic (exact) mass is 335 g/mol. The molecule has 1 fully saturated rings. The number of hydrogen-bond donors (Lipinski definition) is 0. The molecule has 0 spiro atoms. The second-order valence-electron chi connectivity index (χ2n) is 6.70. The Morgan fingerprint density at radius 1 is 1.20 bits per heavy atom. The van der Waals surface area contributed by atoms with E-state index in [9.17, 15) is 4.79 Å². The van der Waals surface area contributed by atoms with Crippen molar-refractivity contribution in [2.24, 2.45) is 5.92 Å². The van der Waals surface area contributed by atoms with E-state index < -0.39 is 0 Å². The van der Waals surface area contributed by atoms with Crippen molar-refractivity contribution in [3.8, 4) is 0 Å². The summed E-state index contributed by atoms with van der Waals surface area (Å²) in [5.74, 6) is 0.907. The van der Waals surface area contributed by atoms with Gasteiger partial charge in [-0.3, -0.25) is 9.78 Å². The molecule has 5 heteroatoms. The third-order valence-electron chi connectivity index (χ3n) is 5.07. The van der Waals surface area contributed by atoms with E-state index in [2.05, 4.69) is 34.2 Å². The summed E-state index contributed by atoms with van der Waals surface area (Å²) in [5.41, 5.74) is 3.06. The van der Waals surface area contributed by atoms with Crippen LogP contribution in [0.3, 0.4) is 0 Å². The molecule has 25 heavy (non-hydrogen) atoms. The van der Waals surface area contributed by atoms with Crippen molar-refractivity contribution in [2.45, 2.75) is 26.2 Å². The number of piperidine rings is 1. The van der Waals surface area contributed by atoms with Crippen molar-refractivity contribution in [3.63, 3.8) is 0 Å². The number of aromatic nitrogens is 2. The van der Waals surface area contributed by atoms with Gasteiger partial charge in [-0.25, -0.2) is 4.98 Å². The summed E-state index contributed by atoms with van der Waals surface area (Å²) in [4.78, 5) is 22.9. The summed E-state index contributed by atoms with van der Waals surface area (Å²) in [7, 11) is 0. The predicted molar refractivity (Wildman–Crippen MR) is 95.3 cm³/mol. The molecule has 0 N–H and O–H groups in total. The van der Waals surface area contributed by atoms with Crippen LogP contribution in [0.15, 0.2) is 47.3 Å². The second kappa shape index (κ2) is 6.67. The Morgan fingerprint density at radius 3 is 2.76 bits per heavy atom. The molecule has 1 aromatic carbocycles. The molecule has 4 rings (SSSR count). The van der Waals surface area contributed by atoms with Crippen molar-refractivity contribution in [1.29, 1.82) is 0 Å². The van der Waals surface area contributed by atoms with Gasteiger partial charge >= 0.3 is 0 Å². The first kappa shape index (κ1) is 15.8. The Balaban J connectivity index is 1.42. The molecule has 5 nitrogen and oxygen atoms in total. The lowest BCUT2D eigenvalue weighted by Crippen LogP contribution is -2.39. The fraction of sp³-hybridized carbons (Fsp3) is 0.350. The lowest BCUT2D eigenvalue weighted by molar-refractivity contribution is 0.0657. The fourth-order valence-corrected chi connectivity index (χ4v) is 3.63. The van der Waals surface area contributed by atoms with Crippen LogP contribution in [0.5, 0.6) is 0 Å². The van der Waals surface area contributed by atoms with Crippen LogP contribution in [0.25, 0.3) is 10.9 Å². The number of nitrogens with zero attached hydrogens (tertiary/aromatic N) is 3. The standard InChI is InChI=1S/C20H21N3O2/c1-14-19(25-13-22-14)20(24)23-10-7-15(8-11-23)12-17-5-2-4-16-6-3-9-21-18(16)17/h2-6,9,13,15H,7-8,10-12H2,1H3. The molecule has 2 aromatic heterocycles. The Morgan fingerprint density at radius 2 is 2.00 bits per heavy atom. The zero-order valence-electron chi connectivity index (χ0n) is 14.3. The number of rotatable bonds is 3. The number of amides is 1. The maximum atomic E-state index is 12.5. The zero-order valence-corrected chi connectivity index (χ0v) is 14.3. The van der Waals surface area contributed by atoms with Gasteiger partial charge in [0.2, 0.25) is 5.76 Å². The second-order valence-corrected chi connectivity index (χ2v) is 6.70. The van der Waals surface area contributed by atoms with Gasteiger partial charge in [0, 0.05) is 24.7 Å². The summed E-state index contributed by atoms with van der Waals surface area (Å²) in [5, 5.41) is 1.19. The van der Waals surface area contributed by atoms with E-state index in [4.69, 9.17) is 4.42 Å². The molecule has 1 saturated heterocycles. The largest absolute Gasteiger partial charge is 0.438 e. The normalized spacial score (nSPS) is 15.6. The van der Waals surface area contributed by atoms with Crippen LogP contribution < -0.4 is 0 Å². The van der Waals surface area contributed by atoms with E-state index in [0.29, 0.717) is 17.4 Å². The Hall–Kier alpha value is -2.69. The minimum Gasteiger partial charge on any atom is -0.438 e. The number of oxazole rings is 1. The predicted octanol–water partition coefficient (Wildman–Crippen LogP) is 3.63. The van der Waals surface area contributed by atoms with Gasteiger partial charge < -0.3 is 9.32 Å². The summed E-state index contributed by atoms with van der Waals surface area (Å²) in [6.07, 6.45) is 6.21. The molecule has 3 aromatic rings. The van der Waals surface area contributed by atoms with E-state index in [1.807, 2.05) is 17.2 Å². The Labute approximate surface area is 146 Å². The molecule has 0 aliphatic carbocycles. The number of para-hydroxylation sites is 1. The average Bonchev–Trinajstić information content (AvgIpc) is 3.08. The van der Waals surface area contributed by atoms with Crippen molar-refractivity contribution in [3.05, 3.63) is 59.9 Å². The topological polar surface area (TPSA) is 59.2 Å². The summed E-state index contributed by atoms with van der Waals surface area (Å²) < 4.78 is 5.24. The minimum atomic E-state index is -0.0414. The summed E-state index contributed by atoms with van der Waals surface area (Å²) in [6, 6.07) is 10.5. The Bertz CT molecular complexity index is 889. The minimum absolute atomic E-state index is 0.0414. The maximum Gasteiger partial charge on any atom is 0.291 e. The average molecular weight is 335 g/mol. The quantitative estimate of drug-likeness (QED) is 0.733. The number of carbonyl (C=O) groups is 1. The van der Waals surface area contributed by atoms with Gasteiger partial charge in [-0.05, 0) is 43.7 Å². The van der Waals surface area contributed by atoms with E-state index >= 15 is 0 Å². The van der Waals surface area contributed by atoms with Crippen LogP contribution in [-0.2, 0) is 6.42 Å². The molecular weight excluding hydrogens is 314 g/mol. The molecule has 128 valence electrons. The van der Waals surface area contributed by atoms with Crippen molar-refractivity contribution >= 4 is 16.8 Å². The first-order chi connectivity index (χ1) is 12.2. The van der Waals surface area contributed by atoms with Gasteiger partial charge in [0.05, 0.1) is 11.2 Å². The van der Waals surface area contributed by atoms with Gasteiger partial charge in [-0.1, -0.05) is 24.3 Å². The van der Waals surface area contributed by atoms with Crippen LogP contribution in [0.4, 0.5) is 0 Å². The third-order valence-corrected chi connectivity index (χ3v) is 5.07. The van der Waals surface area contributed by atoms with Crippen molar-refractivity contribution in [1.82, 2.24) is 14.9 Å². The SMILES string of the molecule is Cc1ncoc1C(=O)N1CCC(Cc2cccc3cccnc23)CC1. The number of likely N-dealkylation sites (tertiary alicyclic amines) is 1. The lowest BCUT2D eigenvalue weighted by atomic mass is 9.89. The highest BCUT2D eigenvalue weighted by Crippen LogP contribution is 2.26. The molecule has 0 radical (unpaired) electrons. The number of benzene rings is 1.